The van der Waals surface area contributed by atoms with Gasteiger partial charge in [0.25, 0.3) is 0 Å². The summed E-state index contributed by atoms with van der Waals surface area (Å²) in [5, 5.41) is 0. The molecule has 1 aliphatic heterocycles. The highest BCUT2D eigenvalue weighted by atomic mass is 19.4. The molecule has 1 heterocycles. The highest BCUT2D eigenvalue weighted by Gasteiger charge is 2.31. The van der Waals surface area contributed by atoms with Gasteiger partial charge in [-0.25, -0.2) is 4.39 Å². The summed E-state index contributed by atoms with van der Waals surface area (Å²) in [6.45, 7) is 0.763. The average molecular weight is 305 g/mol. The lowest BCUT2D eigenvalue weighted by Gasteiger charge is -2.16. The minimum atomic E-state index is -4.49. The number of rotatable bonds is 5. The SMILES string of the molecule is NC(CCCC1CCCO1)c1cc(C(F)(F)F)ccc1F. The van der Waals surface area contributed by atoms with Crippen LogP contribution in [-0.4, -0.2) is 12.7 Å². The van der Waals surface area contributed by atoms with E-state index in [1.54, 1.807) is 0 Å². The lowest BCUT2D eigenvalue weighted by molar-refractivity contribution is -0.137. The first-order valence-electron chi connectivity index (χ1n) is 7.12. The number of ether oxygens (including phenoxy) is 1. The molecule has 0 saturated carbocycles. The van der Waals surface area contributed by atoms with Crippen molar-refractivity contribution in [1.82, 2.24) is 0 Å². The number of hydrogen-bond donors (Lipinski definition) is 1. The van der Waals surface area contributed by atoms with E-state index in [1.807, 2.05) is 0 Å². The van der Waals surface area contributed by atoms with Crippen molar-refractivity contribution in [3.63, 3.8) is 0 Å². The molecule has 0 bridgehead atoms. The van der Waals surface area contributed by atoms with Crippen molar-refractivity contribution in [3.8, 4) is 0 Å². The van der Waals surface area contributed by atoms with E-state index in [2.05, 4.69) is 0 Å². The summed E-state index contributed by atoms with van der Waals surface area (Å²) in [5.41, 5.74) is 4.91. The molecule has 2 unspecified atom stereocenters. The first kappa shape index (κ1) is 16.2. The first-order chi connectivity index (χ1) is 9.88. The van der Waals surface area contributed by atoms with Gasteiger partial charge in [-0.05, 0) is 50.3 Å². The molecule has 1 fully saturated rings. The quantitative estimate of drug-likeness (QED) is 0.828. The second kappa shape index (κ2) is 6.75. The zero-order chi connectivity index (χ0) is 15.5. The predicted molar refractivity (Wildman–Crippen MR) is 71.2 cm³/mol. The van der Waals surface area contributed by atoms with E-state index in [1.165, 1.54) is 0 Å². The Balaban J connectivity index is 1.95. The Morgan fingerprint density at radius 3 is 2.71 bits per heavy atom. The van der Waals surface area contributed by atoms with Crippen LogP contribution < -0.4 is 5.73 Å². The highest BCUT2D eigenvalue weighted by molar-refractivity contribution is 5.29. The standard InChI is InChI=1S/C15H19F4NO/c16-13-7-6-10(15(17,18)19)9-12(13)14(20)5-1-3-11-4-2-8-21-11/h6-7,9,11,14H,1-5,8,20H2. The molecule has 0 amide bonds. The third-order valence-corrected chi connectivity index (χ3v) is 3.79. The van der Waals surface area contributed by atoms with Gasteiger partial charge in [0.2, 0.25) is 0 Å². The van der Waals surface area contributed by atoms with Crippen molar-refractivity contribution in [1.29, 1.82) is 0 Å². The summed E-state index contributed by atoms with van der Waals surface area (Å²) in [6.07, 6.45) is -0.261. The minimum Gasteiger partial charge on any atom is -0.378 e. The summed E-state index contributed by atoms with van der Waals surface area (Å²) < 4.78 is 57.0. The van der Waals surface area contributed by atoms with Crippen molar-refractivity contribution in [3.05, 3.63) is 35.1 Å². The second-order valence-electron chi connectivity index (χ2n) is 5.41. The zero-order valence-corrected chi connectivity index (χ0v) is 11.6. The fourth-order valence-corrected chi connectivity index (χ4v) is 2.60. The number of nitrogens with two attached hydrogens (primary N) is 1. The van der Waals surface area contributed by atoms with E-state index < -0.39 is 23.6 Å². The van der Waals surface area contributed by atoms with Crippen molar-refractivity contribution in [2.45, 2.75) is 50.4 Å². The smallest absolute Gasteiger partial charge is 0.378 e. The van der Waals surface area contributed by atoms with Crippen LogP contribution in [0.4, 0.5) is 17.6 Å². The van der Waals surface area contributed by atoms with Crippen molar-refractivity contribution < 1.29 is 22.3 Å². The lowest BCUT2D eigenvalue weighted by atomic mass is 9.98. The van der Waals surface area contributed by atoms with Gasteiger partial charge in [0.1, 0.15) is 5.82 Å². The Morgan fingerprint density at radius 2 is 2.10 bits per heavy atom. The number of hydrogen-bond acceptors (Lipinski definition) is 2. The molecule has 1 saturated heterocycles. The molecule has 0 aliphatic carbocycles. The van der Waals surface area contributed by atoms with Gasteiger partial charge in [-0.2, -0.15) is 13.2 Å². The van der Waals surface area contributed by atoms with E-state index in [0.717, 1.165) is 44.1 Å². The van der Waals surface area contributed by atoms with Gasteiger partial charge in [0.05, 0.1) is 11.7 Å². The van der Waals surface area contributed by atoms with Crippen molar-refractivity contribution in [2.24, 2.45) is 5.73 Å². The van der Waals surface area contributed by atoms with E-state index in [-0.39, 0.29) is 11.7 Å². The van der Waals surface area contributed by atoms with Gasteiger partial charge in [-0.3, -0.25) is 0 Å². The Morgan fingerprint density at radius 1 is 1.33 bits per heavy atom. The number of benzene rings is 1. The van der Waals surface area contributed by atoms with Crippen LogP contribution in [0.3, 0.4) is 0 Å². The van der Waals surface area contributed by atoms with Crippen molar-refractivity contribution >= 4 is 0 Å². The summed E-state index contributed by atoms with van der Waals surface area (Å²) in [7, 11) is 0. The van der Waals surface area contributed by atoms with Gasteiger partial charge in [0.15, 0.2) is 0 Å². The summed E-state index contributed by atoms with van der Waals surface area (Å²) in [5.74, 6) is -0.687. The Kier molecular flexibility index (Phi) is 5.22. The molecule has 2 nitrogen and oxygen atoms in total. The Labute approximate surface area is 121 Å². The third-order valence-electron chi connectivity index (χ3n) is 3.79. The lowest BCUT2D eigenvalue weighted by Crippen LogP contribution is -2.15. The van der Waals surface area contributed by atoms with E-state index in [9.17, 15) is 17.6 Å². The molecule has 0 aromatic heterocycles. The minimum absolute atomic E-state index is 0.0721. The van der Waals surface area contributed by atoms with Crippen LogP contribution in [0.2, 0.25) is 0 Å². The summed E-state index contributed by atoms with van der Waals surface area (Å²) in [4.78, 5) is 0. The normalized spacial score (nSPS) is 20.7. The largest absolute Gasteiger partial charge is 0.416 e. The number of alkyl halides is 3. The second-order valence-corrected chi connectivity index (χ2v) is 5.41. The van der Waals surface area contributed by atoms with Crippen LogP contribution in [0.5, 0.6) is 0 Å². The molecule has 6 heteroatoms. The molecule has 21 heavy (non-hydrogen) atoms. The van der Waals surface area contributed by atoms with E-state index in [0.29, 0.717) is 12.8 Å². The molecular weight excluding hydrogens is 286 g/mol. The molecular formula is C15H19F4NO. The molecule has 0 radical (unpaired) electrons. The van der Waals surface area contributed by atoms with Gasteiger partial charge in [0, 0.05) is 18.2 Å². The topological polar surface area (TPSA) is 35.2 Å². The summed E-state index contributed by atoms with van der Waals surface area (Å²) >= 11 is 0. The zero-order valence-electron chi connectivity index (χ0n) is 11.6. The van der Waals surface area contributed by atoms with Crippen LogP contribution in [-0.2, 0) is 10.9 Å². The van der Waals surface area contributed by atoms with Crippen molar-refractivity contribution in [2.75, 3.05) is 6.61 Å². The molecule has 1 aromatic carbocycles. The third kappa shape index (κ3) is 4.41. The van der Waals surface area contributed by atoms with Gasteiger partial charge >= 0.3 is 6.18 Å². The van der Waals surface area contributed by atoms with Crippen LogP contribution in [0.1, 0.15) is 49.3 Å². The highest BCUT2D eigenvalue weighted by Crippen LogP contribution is 2.32. The molecule has 0 spiro atoms. The van der Waals surface area contributed by atoms with Crippen LogP contribution in [0, 0.1) is 5.82 Å². The molecule has 118 valence electrons. The van der Waals surface area contributed by atoms with Crippen LogP contribution in [0.25, 0.3) is 0 Å². The maximum Gasteiger partial charge on any atom is 0.416 e. The predicted octanol–water partition coefficient (Wildman–Crippen LogP) is 4.19. The molecule has 1 aliphatic rings. The Bertz CT molecular complexity index is 469. The number of halogens is 4. The fraction of sp³-hybridized carbons (Fsp3) is 0.600. The van der Waals surface area contributed by atoms with Gasteiger partial charge in [-0.1, -0.05) is 0 Å². The van der Waals surface area contributed by atoms with Crippen LogP contribution >= 0.6 is 0 Å². The molecule has 2 rings (SSSR count). The maximum absolute atomic E-state index is 13.7. The van der Waals surface area contributed by atoms with Gasteiger partial charge < -0.3 is 10.5 Å². The molecule has 2 atom stereocenters. The van der Waals surface area contributed by atoms with Gasteiger partial charge in [-0.15, -0.1) is 0 Å². The molecule has 1 aromatic rings. The fourth-order valence-electron chi connectivity index (χ4n) is 2.60. The Hall–Kier alpha value is -1.14. The first-order valence-corrected chi connectivity index (χ1v) is 7.12. The molecule has 2 N–H and O–H groups in total. The monoisotopic (exact) mass is 305 g/mol. The van der Waals surface area contributed by atoms with E-state index >= 15 is 0 Å². The maximum atomic E-state index is 13.7. The summed E-state index contributed by atoms with van der Waals surface area (Å²) in [6, 6.07) is 1.65. The van der Waals surface area contributed by atoms with Crippen LogP contribution in [0.15, 0.2) is 18.2 Å². The van der Waals surface area contributed by atoms with E-state index in [4.69, 9.17) is 10.5 Å². The average Bonchev–Trinajstić information content (AvgIpc) is 2.91.